The van der Waals surface area contributed by atoms with Crippen molar-refractivity contribution in [3.05, 3.63) is 51.0 Å². The summed E-state index contributed by atoms with van der Waals surface area (Å²) in [6, 6.07) is 6.59. The highest BCUT2D eigenvalue weighted by Crippen LogP contribution is 2.35. The van der Waals surface area contributed by atoms with Gasteiger partial charge in [0.25, 0.3) is 11.7 Å². The molecule has 146 valence electrons. The summed E-state index contributed by atoms with van der Waals surface area (Å²) in [5.74, 6) is -1.35. The highest BCUT2D eigenvalue weighted by Gasteiger charge is 2.41. The molecule has 0 radical (unpaired) electrons. The summed E-state index contributed by atoms with van der Waals surface area (Å²) in [6.07, 6.45) is -0.861. The fraction of sp³-hybridized carbons (Fsp3) is 0.278. The second kappa shape index (κ2) is 7.43. The number of benzene rings is 1. The molecule has 1 aliphatic heterocycles. The maximum Gasteiger partial charge on any atom is 0.366 e. The summed E-state index contributed by atoms with van der Waals surface area (Å²) in [5, 5.41) is 14.2. The maximum absolute atomic E-state index is 12.7. The lowest BCUT2D eigenvalue weighted by atomic mass is 10.1. The van der Waals surface area contributed by atoms with Crippen molar-refractivity contribution in [1.82, 2.24) is 4.98 Å². The number of halogens is 1. The van der Waals surface area contributed by atoms with Crippen LogP contribution in [-0.4, -0.2) is 33.9 Å². The van der Waals surface area contributed by atoms with Gasteiger partial charge in [0.2, 0.25) is 5.91 Å². The van der Waals surface area contributed by atoms with Crippen molar-refractivity contribution in [1.29, 1.82) is 0 Å². The zero-order chi connectivity index (χ0) is 20.6. The average molecular weight is 405 g/mol. The van der Waals surface area contributed by atoms with E-state index in [9.17, 15) is 19.7 Å². The van der Waals surface area contributed by atoms with Crippen LogP contribution >= 0.6 is 11.6 Å². The van der Waals surface area contributed by atoms with E-state index in [1.54, 1.807) is 18.2 Å². The van der Waals surface area contributed by atoms with E-state index >= 15 is 0 Å². The van der Waals surface area contributed by atoms with Gasteiger partial charge in [-0.2, -0.15) is 0 Å². The van der Waals surface area contributed by atoms with Gasteiger partial charge in [-0.05, 0) is 54.4 Å². The zero-order valence-electron chi connectivity index (χ0n) is 15.3. The quantitative estimate of drug-likeness (QED) is 0.618. The first-order valence-electron chi connectivity index (χ1n) is 8.41. The van der Waals surface area contributed by atoms with Crippen molar-refractivity contribution in [2.75, 3.05) is 10.2 Å². The number of aromatic nitrogens is 1. The molecular formula is C18H17ClN4O5. The Labute approximate surface area is 165 Å². The SMILES string of the molecule is Cc1ccc(NC(=O)C(C)N2C(=O)C(C)Oc3ccc([N+](=O)[O-])nc32)cc1Cl. The van der Waals surface area contributed by atoms with Gasteiger partial charge in [-0.1, -0.05) is 17.7 Å². The molecule has 2 amide bonds. The minimum atomic E-state index is -0.993. The van der Waals surface area contributed by atoms with Crippen LogP contribution in [0.2, 0.25) is 5.02 Å². The van der Waals surface area contributed by atoms with Gasteiger partial charge in [0.05, 0.1) is 0 Å². The molecule has 1 aliphatic rings. The number of rotatable bonds is 4. The summed E-state index contributed by atoms with van der Waals surface area (Å²) in [6.45, 7) is 4.87. The van der Waals surface area contributed by atoms with Gasteiger partial charge in [0.1, 0.15) is 6.04 Å². The Balaban J connectivity index is 1.93. The third kappa shape index (κ3) is 3.61. The molecule has 0 spiro atoms. The van der Waals surface area contributed by atoms with Gasteiger partial charge < -0.3 is 20.2 Å². The van der Waals surface area contributed by atoms with Crippen LogP contribution in [0, 0.1) is 17.0 Å². The number of aryl methyl sites for hydroxylation is 1. The Morgan fingerprint density at radius 3 is 2.75 bits per heavy atom. The third-order valence-electron chi connectivity index (χ3n) is 4.33. The first kappa shape index (κ1) is 19.6. The number of pyridine rings is 1. The molecular weight excluding hydrogens is 388 g/mol. The van der Waals surface area contributed by atoms with Crippen molar-refractivity contribution >= 4 is 40.7 Å². The normalized spacial score (nSPS) is 16.8. The van der Waals surface area contributed by atoms with Crippen LogP contribution in [0.25, 0.3) is 0 Å². The largest absolute Gasteiger partial charge is 0.475 e. The molecule has 0 saturated heterocycles. The number of hydrogen-bond donors (Lipinski definition) is 1. The highest BCUT2D eigenvalue weighted by atomic mass is 35.5. The van der Waals surface area contributed by atoms with E-state index in [-0.39, 0.29) is 11.6 Å². The average Bonchev–Trinajstić information content (AvgIpc) is 2.65. The first-order chi connectivity index (χ1) is 13.2. The van der Waals surface area contributed by atoms with Crippen LogP contribution < -0.4 is 15.0 Å². The third-order valence-corrected chi connectivity index (χ3v) is 4.74. The zero-order valence-corrected chi connectivity index (χ0v) is 16.1. The number of hydrogen-bond acceptors (Lipinski definition) is 6. The van der Waals surface area contributed by atoms with E-state index < -0.39 is 34.7 Å². The molecule has 9 nitrogen and oxygen atoms in total. The molecule has 3 rings (SSSR count). The number of carbonyl (C=O) groups excluding carboxylic acids is 2. The fourth-order valence-electron chi connectivity index (χ4n) is 2.74. The van der Waals surface area contributed by atoms with Gasteiger partial charge in [0.15, 0.2) is 11.9 Å². The maximum atomic E-state index is 12.7. The molecule has 2 atom stereocenters. The predicted octanol–water partition coefficient (Wildman–Crippen LogP) is 3.09. The van der Waals surface area contributed by atoms with E-state index in [0.717, 1.165) is 10.5 Å². The Bertz CT molecular complexity index is 980. The smallest absolute Gasteiger partial charge is 0.366 e. The Hall–Kier alpha value is -3.20. The van der Waals surface area contributed by atoms with Crippen LogP contribution in [0.1, 0.15) is 19.4 Å². The molecule has 0 fully saturated rings. The van der Waals surface area contributed by atoms with Gasteiger partial charge in [0, 0.05) is 16.8 Å². The van der Waals surface area contributed by atoms with Gasteiger partial charge >= 0.3 is 5.82 Å². The molecule has 1 aromatic carbocycles. The summed E-state index contributed by atoms with van der Waals surface area (Å²) in [5.41, 5.74) is 1.32. The van der Waals surface area contributed by atoms with Crippen LogP contribution in [0.3, 0.4) is 0 Å². The molecule has 2 aromatic rings. The molecule has 2 heterocycles. The molecule has 0 bridgehead atoms. The summed E-state index contributed by atoms with van der Waals surface area (Å²) in [7, 11) is 0. The van der Waals surface area contributed by atoms with E-state index in [4.69, 9.17) is 16.3 Å². The lowest BCUT2D eigenvalue weighted by Crippen LogP contribution is -2.53. The number of fused-ring (bicyclic) bond motifs is 1. The predicted molar refractivity (Wildman–Crippen MR) is 103 cm³/mol. The molecule has 0 aliphatic carbocycles. The minimum Gasteiger partial charge on any atom is -0.475 e. The number of carbonyl (C=O) groups is 2. The van der Waals surface area contributed by atoms with Crippen LogP contribution in [0.15, 0.2) is 30.3 Å². The van der Waals surface area contributed by atoms with E-state index in [1.807, 2.05) is 6.92 Å². The van der Waals surface area contributed by atoms with Gasteiger partial charge in [-0.15, -0.1) is 0 Å². The molecule has 10 heteroatoms. The van der Waals surface area contributed by atoms with Crippen LogP contribution in [0.4, 0.5) is 17.3 Å². The van der Waals surface area contributed by atoms with Crippen molar-refractivity contribution in [3.8, 4) is 5.75 Å². The minimum absolute atomic E-state index is 0.0677. The first-order valence-corrected chi connectivity index (χ1v) is 8.79. The summed E-state index contributed by atoms with van der Waals surface area (Å²) >= 11 is 6.08. The number of nitrogens with zero attached hydrogens (tertiary/aromatic N) is 3. The molecule has 2 unspecified atom stereocenters. The Kier molecular flexibility index (Phi) is 5.19. The van der Waals surface area contributed by atoms with Gasteiger partial charge in [-0.3, -0.25) is 14.5 Å². The van der Waals surface area contributed by atoms with Crippen molar-refractivity contribution in [2.45, 2.75) is 32.9 Å². The second-order valence-corrected chi connectivity index (χ2v) is 6.75. The van der Waals surface area contributed by atoms with Crippen molar-refractivity contribution in [2.24, 2.45) is 0 Å². The van der Waals surface area contributed by atoms with Crippen LogP contribution in [-0.2, 0) is 9.59 Å². The number of nitro groups is 1. The lowest BCUT2D eigenvalue weighted by Gasteiger charge is -2.32. The highest BCUT2D eigenvalue weighted by molar-refractivity contribution is 6.31. The van der Waals surface area contributed by atoms with E-state index in [2.05, 4.69) is 10.3 Å². The van der Waals surface area contributed by atoms with Crippen molar-refractivity contribution < 1.29 is 19.2 Å². The van der Waals surface area contributed by atoms with Crippen LogP contribution in [0.5, 0.6) is 5.75 Å². The lowest BCUT2D eigenvalue weighted by molar-refractivity contribution is -0.389. The molecule has 0 saturated carbocycles. The monoisotopic (exact) mass is 404 g/mol. The number of nitrogens with one attached hydrogen (secondary N) is 1. The fourth-order valence-corrected chi connectivity index (χ4v) is 2.92. The summed E-state index contributed by atoms with van der Waals surface area (Å²) < 4.78 is 5.46. The number of ether oxygens (including phenoxy) is 1. The standard InChI is InChI=1S/C18H17ClN4O5/c1-9-4-5-12(8-13(9)19)20-17(24)10(2)22-16-14(28-11(3)18(22)25)6-7-15(21-16)23(26)27/h4-8,10-11H,1-3H3,(H,20,24). The molecule has 1 aromatic heterocycles. The Morgan fingerprint density at radius 2 is 2.11 bits per heavy atom. The van der Waals surface area contributed by atoms with E-state index in [1.165, 1.54) is 26.0 Å². The Morgan fingerprint density at radius 1 is 1.39 bits per heavy atom. The van der Waals surface area contributed by atoms with Gasteiger partial charge in [-0.25, -0.2) is 0 Å². The van der Waals surface area contributed by atoms with Crippen molar-refractivity contribution in [3.63, 3.8) is 0 Å². The number of anilines is 2. The summed E-state index contributed by atoms with van der Waals surface area (Å²) in [4.78, 5) is 40.8. The second-order valence-electron chi connectivity index (χ2n) is 6.35. The molecule has 28 heavy (non-hydrogen) atoms. The topological polar surface area (TPSA) is 115 Å². The molecule has 1 N–H and O–H groups in total. The van der Waals surface area contributed by atoms with E-state index in [0.29, 0.717) is 10.7 Å². The number of amides is 2.